The van der Waals surface area contributed by atoms with E-state index in [2.05, 4.69) is 29.1 Å². The van der Waals surface area contributed by atoms with Gasteiger partial charge in [0.25, 0.3) is 5.91 Å². The first-order valence-electron chi connectivity index (χ1n) is 9.44. The number of benzene rings is 2. The summed E-state index contributed by atoms with van der Waals surface area (Å²) >= 11 is 1.30. The lowest BCUT2D eigenvalue weighted by Crippen LogP contribution is -2.21. The average Bonchev–Trinajstić information content (AvgIpc) is 3.08. The van der Waals surface area contributed by atoms with Gasteiger partial charge in [-0.2, -0.15) is 0 Å². The van der Waals surface area contributed by atoms with Crippen LogP contribution in [0.4, 0.5) is 11.4 Å². The Bertz CT molecular complexity index is 935. The Morgan fingerprint density at radius 3 is 2.41 bits per heavy atom. The normalized spacial score (nSPS) is 16.2. The maximum Gasteiger partial charge on any atom is 0.264 e. The van der Waals surface area contributed by atoms with Gasteiger partial charge < -0.3 is 19.7 Å². The topological polar surface area (TPSA) is 63.2 Å². The summed E-state index contributed by atoms with van der Waals surface area (Å²) in [5, 5.41) is 3.38. The molecule has 0 radical (unpaired) electrons. The van der Waals surface area contributed by atoms with Crippen LogP contribution >= 0.6 is 11.8 Å². The fourth-order valence-electron chi connectivity index (χ4n) is 3.02. The van der Waals surface area contributed by atoms with Gasteiger partial charge in [0.1, 0.15) is 11.5 Å². The predicted molar refractivity (Wildman–Crippen MR) is 120 cm³/mol. The molecule has 1 saturated heterocycles. The van der Waals surface area contributed by atoms with Crippen molar-refractivity contribution in [3.8, 4) is 11.5 Å². The van der Waals surface area contributed by atoms with Gasteiger partial charge in [-0.1, -0.05) is 0 Å². The molecule has 0 unspecified atom stereocenters. The molecule has 152 valence electrons. The number of ether oxygens (including phenoxy) is 2. The molecule has 0 atom stereocenters. The zero-order valence-corrected chi connectivity index (χ0v) is 17.9. The molecule has 0 aliphatic carbocycles. The van der Waals surface area contributed by atoms with Gasteiger partial charge in [0.15, 0.2) is 5.17 Å². The Morgan fingerprint density at radius 1 is 1.07 bits per heavy atom. The molecule has 6 nitrogen and oxygen atoms in total. The van der Waals surface area contributed by atoms with Crippen LogP contribution in [-0.2, 0) is 4.79 Å². The van der Waals surface area contributed by atoms with Gasteiger partial charge in [-0.05, 0) is 74.1 Å². The molecular weight excluding hydrogens is 386 g/mol. The highest BCUT2D eigenvalue weighted by molar-refractivity contribution is 8.18. The van der Waals surface area contributed by atoms with Crippen LogP contribution in [0.1, 0.15) is 19.4 Å². The Balaban J connectivity index is 1.80. The van der Waals surface area contributed by atoms with Gasteiger partial charge in [-0.3, -0.25) is 4.79 Å². The average molecular weight is 412 g/mol. The van der Waals surface area contributed by atoms with Crippen molar-refractivity contribution in [1.29, 1.82) is 0 Å². The molecule has 1 aliphatic heterocycles. The largest absolute Gasteiger partial charge is 0.497 e. The SMILES string of the molecule is CCN(CC)c1ccc(N=C2NC(=O)C(=Cc3cc(OC)ccc3OC)S2)cc1. The van der Waals surface area contributed by atoms with E-state index in [1.807, 2.05) is 42.5 Å². The summed E-state index contributed by atoms with van der Waals surface area (Å²) in [5.41, 5.74) is 2.73. The Kier molecular flexibility index (Phi) is 6.82. The predicted octanol–water partition coefficient (Wildman–Crippen LogP) is 4.44. The lowest BCUT2D eigenvalue weighted by molar-refractivity contribution is -0.115. The molecule has 2 aromatic carbocycles. The standard InChI is InChI=1S/C22H25N3O3S/c1-5-25(6-2)17-9-7-16(8-10-17)23-22-24-21(26)20(29-22)14-15-13-18(27-3)11-12-19(15)28-4/h7-14H,5-6H2,1-4H3,(H,23,24,26). The highest BCUT2D eigenvalue weighted by atomic mass is 32.2. The van der Waals surface area contributed by atoms with Gasteiger partial charge >= 0.3 is 0 Å². The molecule has 1 fully saturated rings. The lowest BCUT2D eigenvalue weighted by Gasteiger charge is -2.20. The second kappa shape index (κ2) is 9.52. The highest BCUT2D eigenvalue weighted by Crippen LogP contribution is 2.32. The number of thioether (sulfide) groups is 1. The van der Waals surface area contributed by atoms with E-state index in [1.165, 1.54) is 11.8 Å². The van der Waals surface area contributed by atoms with E-state index in [4.69, 9.17) is 9.47 Å². The summed E-state index contributed by atoms with van der Waals surface area (Å²) < 4.78 is 10.7. The number of hydrogen-bond donors (Lipinski definition) is 1. The zero-order chi connectivity index (χ0) is 20.8. The fourth-order valence-corrected chi connectivity index (χ4v) is 3.85. The fraction of sp³-hybridized carbons (Fsp3) is 0.273. The first-order chi connectivity index (χ1) is 14.1. The van der Waals surface area contributed by atoms with Crippen molar-refractivity contribution in [3.05, 3.63) is 52.9 Å². The molecule has 0 saturated carbocycles. The van der Waals surface area contributed by atoms with Crippen LogP contribution < -0.4 is 19.7 Å². The van der Waals surface area contributed by atoms with E-state index in [1.54, 1.807) is 20.3 Å². The van der Waals surface area contributed by atoms with Crippen LogP contribution in [0.25, 0.3) is 6.08 Å². The molecule has 0 aromatic heterocycles. The molecule has 3 rings (SSSR count). The molecule has 1 heterocycles. The number of rotatable bonds is 7. The summed E-state index contributed by atoms with van der Waals surface area (Å²) in [6, 6.07) is 13.5. The van der Waals surface area contributed by atoms with Crippen molar-refractivity contribution in [2.75, 3.05) is 32.2 Å². The maximum absolute atomic E-state index is 12.4. The van der Waals surface area contributed by atoms with E-state index >= 15 is 0 Å². The van der Waals surface area contributed by atoms with E-state index in [-0.39, 0.29) is 5.91 Å². The van der Waals surface area contributed by atoms with Crippen molar-refractivity contribution in [2.24, 2.45) is 4.99 Å². The third-order valence-electron chi connectivity index (χ3n) is 4.58. The van der Waals surface area contributed by atoms with E-state index in [9.17, 15) is 4.79 Å². The van der Waals surface area contributed by atoms with Crippen LogP contribution in [-0.4, -0.2) is 38.4 Å². The molecule has 7 heteroatoms. The van der Waals surface area contributed by atoms with E-state index in [0.717, 1.165) is 30.0 Å². The monoisotopic (exact) mass is 411 g/mol. The number of nitrogens with one attached hydrogen (secondary N) is 1. The first kappa shape index (κ1) is 20.8. The Morgan fingerprint density at radius 2 is 1.79 bits per heavy atom. The minimum absolute atomic E-state index is 0.182. The zero-order valence-electron chi connectivity index (χ0n) is 17.1. The van der Waals surface area contributed by atoms with Crippen LogP contribution in [0.5, 0.6) is 11.5 Å². The summed E-state index contributed by atoms with van der Waals surface area (Å²) in [6.07, 6.45) is 1.79. The van der Waals surface area contributed by atoms with Crippen molar-refractivity contribution >= 4 is 40.3 Å². The van der Waals surface area contributed by atoms with Crippen molar-refractivity contribution in [3.63, 3.8) is 0 Å². The molecule has 0 spiro atoms. The number of methoxy groups -OCH3 is 2. The smallest absolute Gasteiger partial charge is 0.264 e. The molecule has 29 heavy (non-hydrogen) atoms. The number of amides is 1. The van der Waals surface area contributed by atoms with Crippen LogP contribution in [0.3, 0.4) is 0 Å². The number of hydrogen-bond acceptors (Lipinski definition) is 6. The second-order valence-corrected chi connectivity index (χ2v) is 7.31. The van der Waals surface area contributed by atoms with E-state index < -0.39 is 0 Å². The minimum Gasteiger partial charge on any atom is -0.497 e. The van der Waals surface area contributed by atoms with Gasteiger partial charge in [-0.15, -0.1) is 0 Å². The lowest BCUT2D eigenvalue weighted by atomic mass is 10.1. The van der Waals surface area contributed by atoms with Gasteiger partial charge in [-0.25, -0.2) is 4.99 Å². The summed E-state index contributed by atoms with van der Waals surface area (Å²) in [7, 11) is 3.20. The first-order valence-corrected chi connectivity index (χ1v) is 10.3. The Hall–Kier alpha value is -2.93. The van der Waals surface area contributed by atoms with Gasteiger partial charge in [0, 0.05) is 24.3 Å². The number of carbonyl (C=O) groups is 1. The number of anilines is 1. The van der Waals surface area contributed by atoms with Crippen LogP contribution in [0, 0.1) is 0 Å². The van der Waals surface area contributed by atoms with E-state index in [0.29, 0.717) is 21.6 Å². The number of aliphatic imine (C=N–C) groups is 1. The maximum atomic E-state index is 12.4. The van der Waals surface area contributed by atoms with Crippen molar-refractivity contribution in [1.82, 2.24) is 5.32 Å². The van der Waals surface area contributed by atoms with Crippen LogP contribution in [0.2, 0.25) is 0 Å². The number of carbonyl (C=O) groups excluding carboxylic acids is 1. The Labute approximate surface area is 175 Å². The van der Waals surface area contributed by atoms with Crippen LogP contribution in [0.15, 0.2) is 52.4 Å². The molecule has 1 N–H and O–H groups in total. The minimum atomic E-state index is -0.182. The summed E-state index contributed by atoms with van der Waals surface area (Å²) in [5.74, 6) is 1.19. The molecule has 1 aliphatic rings. The second-order valence-electron chi connectivity index (χ2n) is 6.28. The molecular formula is C22H25N3O3S. The molecule has 0 bridgehead atoms. The summed E-state index contributed by atoms with van der Waals surface area (Å²) in [4.78, 5) is 19.8. The number of amidine groups is 1. The van der Waals surface area contributed by atoms with Gasteiger partial charge in [0.05, 0.1) is 24.8 Å². The molecule has 2 aromatic rings. The van der Waals surface area contributed by atoms with Gasteiger partial charge in [0.2, 0.25) is 0 Å². The third kappa shape index (κ3) is 4.92. The molecule has 1 amide bonds. The third-order valence-corrected chi connectivity index (χ3v) is 5.49. The quantitative estimate of drug-likeness (QED) is 0.683. The summed E-state index contributed by atoms with van der Waals surface area (Å²) in [6.45, 7) is 6.18. The van der Waals surface area contributed by atoms with Crippen molar-refractivity contribution < 1.29 is 14.3 Å². The highest BCUT2D eigenvalue weighted by Gasteiger charge is 2.24. The number of nitrogens with zero attached hydrogens (tertiary/aromatic N) is 2. The van der Waals surface area contributed by atoms with Crippen molar-refractivity contribution in [2.45, 2.75) is 13.8 Å².